The molecule has 1 aromatic heterocycles. The van der Waals surface area contributed by atoms with E-state index >= 15 is 0 Å². The number of nitrogens with zero attached hydrogens (tertiary/aromatic N) is 1. The number of halogens is 3. The van der Waals surface area contributed by atoms with Crippen LogP contribution in [0.15, 0.2) is 4.79 Å². The first-order valence-corrected chi connectivity index (χ1v) is 5.10. The third kappa shape index (κ3) is 4.18. The molecule has 0 unspecified atom stereocenters. The fourth-order valence-electron chi connectivity index (χ4n) is 1.45. The van der Waals surface area contributed by atoms with Gasteiger partial charge in [0.05, 0.1) is 6.42 Å². The minimum atomic E-state index is -4.27. The minimum absolute atomic E-state index is 0.0199. The van der Waals surface area contributed by atoms with E-state index in [0.29, 0.717) is 11.3 Å². The van der Waals surface area contributed by atoms with Gasteiger partial charge in [-0.2, -0.15) is 13.2 Å². The van der Waals surface area contributed by atoms with Crippen LogP contribution in [0.2, 0.25) is 0 Å². The highest BCUT2D eigenvalue weighted by molar-refractivity contribution is 5.16. The zero-order valence-electron chi connectivity index (χ0n) is 9.26. The Morgan fingerprint density at radius 1 is 1.35 bits per heavy atom. The fraction of sp³-hybridized carbons (Fsp3) is 0.600. The summed E-state index contributed by atoms with van der Waals surface area (Å²) in [5.74, 6) is 0.0199. The number of hydrogen-bond donors (Lipinski definition) is 2. The third-order valence-corrected chi connectivity index (χ3v) is 2.28. The first-order chi connectivity index (χ1) is 7.83. The summed E-state index contributed by atoms with van der Waals surface area (Å²) >= 11 is 0. The summed E-state index contributed by atoms with van der Waals surface area (Å²) < 4.78 is 36.0. The predicted octanol–water partition coefficient (Wildman–Crippen LogP) is 1.11. The van der Waals surface area contributed by atoms with Gasteiger partial charge in [-0.1, -0.05) is 0 Å². The topological polar surface area (TPSA) is 66.0 Å². The maximum Gasteiger partial charge on any atom is 0.389 e. The van der Waals surface area contributed by atoms with E-state index in [0.717, 1.165) is 0 Å². The van der Waals surface area contributed by atoms with Crippen molar-refractivity contribution < 1.29 is 18.3 Å². The Hall–Kier alpha value is -1.37. The standard InChI is InChI=1S/C10H13F3N2O2/c1-6-7(3-5-16)9(17)15-8(14-6)2-4-10(11,12)13/h16H,2-5H2,1H3,(H,14,15,17). The van der Waals surface area contributed by atoms with Crippen molar-refractivity contribution in [3.05, 3.63) is 27.4 Å². The molecule has 17 heavy (non-hydrogen) atoms. The highest BCUT2D eigenvalue weighted by Crippen LogP contribution is 2.20. The number of rotatable bonds is 4. The van der Waals surface area contributed by atoms with Gasteiger partial charge in [0.15, 0.2) is 0 Å². The summed E-state index contributed by atoms with van der Waals surface area (Å²) in [5, 5.41) is 8.72. The molecule has 0 aliphatic carbocycles. The Labute approximate surface area is 95.5 Å². The molecule has 1 aromatic rings. The number of nitrogens with one attached hydrogen (secondary N) is 1. The molecule has 0 radical (unpaired) electrons. The lowest BCUT2D eigenvalue weighted by molar-refractivity contribution is -0.134. The summed E-state index contributed by atoms with van der Waals surface area (Å²) in [6, 6.07) is 0. The summed E-state index contributed by atoms with van der Waals surface area (Å²) in [4.78, 5) is 17.7. The minimum Gasteiger partial charge on any atom is -0.396 e. The van der Waals surface area contributed by atoms with Gasteiger partial charge in [-0.15, -0.1) is 0 Å². The van der Waals surface area contributed by atoms with Crippen LogP contribution in [0.4, 0.5) is 13.2 Å². The predicted molar refractivity (Wildman–Crippen MR) is 54.8 cm³/mol. The molecule has 0 amide bonds. The van der Waals surface area contributed by atoms with Gasteiger partial charge in [-0.3, -0.25) is 4.79 Å². The summed E-state index contributed by atoms with van der Waals surface area (Å²) in [6.45, 7) is 1.34. The molecule has 0 aliphatic heterocycles. The molecule has 1 rings (SSSR count). The van der Waals surface area contributed by atoms with Crippen molar-refractivity contribution in [1.82, 2.24) is 9.97 Å². The summed E-state index contributed by atoms with van der Waals surface area (Å²) in [5.41, 5.74) is 0.187. The van der Waals surface area contributed by atoms with Crippen LogP contribution in [-0.2, 0) is 12.8 Å². The molecule has 7 heteroatoms. The van der Waals surface area contributed by atoms with Crippen LogP contribution >= 0.6 is 0 Å². The number of alkyl halides is 3. The Kier molecular flexibility index (Phi) is 4.28. The van der Waals surface area contributed by atoms with Crippen LogP contribution in [0.1, 0.15) is 23.5 Å². The zero-order chi connectivity index (χ0) is 13.1. The molecule has 0 spiro atoms. The molecular weight excluding hydrogens is 237 g/mol. The molecule has 4 nitrogen and oxygen atoms in total. The molecule has 2 N–H and O–H groups in total. The van der Waals surface area contributed by atoms with Crippen molar-refractivity contribution in [2.24, 2.45) is 0 Å². The van der Waals surface area contributed by atoms with E-state index in [4.69, 9.17) is 5.11 Å². The second-order valence-corrected chi connectivity index (χ2v) is 3.67. The number of aliphatic hydroxyl groups is 1. The van der Waals surface area contributed by atoms with E-state index in [2.05, 4.69) is 9.97 Å². The highest BCUT2D eigenvalue weighted by Gasteiger charge is 2.27. The van der Waals surface area contributed by atoms with Gasteiger partial charge in [0.25, 0.3) is 5.56 Å². The van der Waals surface area contributed by atoms with E-state index in [1.165, 1.54) is 6.92 Å². The fourth-order valence-corrected chi connectivity index (χ4v) is 1.45. The van der Waals surface area contributed by atoms with Crippen LogP contribution in [0.25, 0.3) is 0 Å². The van der Waals surface area contributed by atoms with Crippen molar-refractivity contribution in [2.45, 2.75) is 32.4 Å². The van der Waals surface area contributed by atoms with Crippen LogP contribution in [0, 0.1) is 6.92 Å². The molecular formula is C10H13F3N2O2. The molecule has 0 aromatic carbocycles. The van der Waals surface area contributed by atoms with Crippen LogP contribution in [-0.4, -0.2) is 27.9 Å². The number of H-pyrrole nitrogens is 1. The normalized spacial score (nSPS) is 11.8. The SMILES string of the molecule is Cc1nc(CCC(F)(F)F)[nH]c(=O)c1CCO. The number of aryl methyl sites for hydroxylation is 2. The first kappa shape index (κ1) is 13.7. The number of hydrogen-bond acceptors (Lipinski definition) is 3. The monoisotopic (exact) mass is 250 g/mol. The largest absolute Gasteiger partial charge is 0.396 e. The van der Waals surface area contributed by atoms with Crippen molar-refractivity contribution >= 4 is 0 Å². The van der Waals surface area contributed by atoms with Gasteiger partial charge in [-0.25, -0.2) is 4.98 Å². The van der Waals surface area contributed by atoms with E-state index in [1.54, 1.807) is 0 Å². The van der Waals surface area contributed by atoms with Gasteiger partial charge < -0.3 is 10.1 Å². The lowest BCUT2D eigenvalue weighted by atomic mass is 10.1. The Bertz CT molecular complexity index is 440. The van der Waals surface area contributed by atoms with Gasteiger partial charge in [-0.05, 0) is 6.92 Å². The first-order valence-electron chi connectivity index (χ1n) is 5.10. The Balaban J connectivity index is 2.87. The van der Waals surface area contributed by atoms with Gasteiger partial charge >= 0.3 is 6.18 Å². The maximum absolute atomic E-state index is 12.0. The van der Waals surface area contributed by atoms with Gasteiger partial charge in [0, 0.05) is 30.7 Å². The van der Waals surface area contributed by atoms with Crippen LogP contribution < -0.4 is 5.56 Å². The highest BCUT2D eigenvalue weighted by atomic mass is 19.4. The zero-order valence-corrected chi connectivity index (χ0v) is 9.26. The molecule has 0 aliphatic rings. The number of aromatic nitrogens is 2. The van der Waals surface area contributed by atoms with Crippen molar-refractivity contribution in [3.63, 3.8) is 0 Å². The molecule has 1 heterocycles. The summed E-state index contributed by atoms with van der Waals surface area (Å²) in [7, 11) is 0. The van der Waals surface area contributed by atoms with Crippen molar-refractivity contribution in [1.29, 1.82) is 0 Å². The average Bonchev–Trinajstić information content (AvgIpc) is 2.19. The lowest BCUT2D eigenvalue weighted by Crippen LogP contribution is -2.21. The molecule has 0 fully saturated rings. The summed E-state index contributed by atoms with van der Waals surface area (Å²) in [6.07, 6.45) is -5.49. The number of aromatic amines is 1. The van der Waals surface area contributed by atoms with Gasteiger partial charge in [0.1, 0.15) is 5.82 Å². The maximum atomic E-state index is 12.0. The average molecular weight is 250 g/mol. The van der Waals surface area contributed by atoms with Crippen LogP contribution in [0.5, 0.6) is 0 Å². The second-order valence-electron chi connectivity index (χ2n) is 3.67. The molecule has 0 atom stereocenters. The van der Waals surface area contributed by atoms with Gasteiger partial charge in [0.2, 0.25) is 0 Å². The second kappa shape index (κ2) is 5.31. The van der Waals surface area contributed by atoms with E-state index < -0.39 is 18.2 Å². The Morgan fingerprint density at radius 2 is 2.00 bits per heavy atom. The molecule has 96 valence electrons. The molecule has 0 saturated heterocycles. The van der Waals surface area contributed by atoms with E-state index in [1.807, 2.05) is 0 Å². The smallest absolute Gasteiger partial charge is 0.389 e. The molecule has 0 saturated carbocycles. The third-order valence-electron chi connectivity index (χ3n) is 2.28. The lowest BCUT2D eigenvalue weighted by Gasteiger charge is -2.08. The van der Waals surface area contributed by atoms with E-state index in [9.17, 15) is 18.0 Å². The number of aliphatic hydroxyl groups excluding tert-OH is 1. The quantitative estimate of drug-likeness (QED) is 0.841. The van der Waals surface area contributed by atoms with Crippen LogP contribution in [0.3, 0.4) is 0 Å². The van der Waals surface area contributed by atoms with E-state index in [-0.39, 0.29) is 25.3 Å². The van der Waals surface area contributed by atoms with Crippen molar-refractivity contribution in [3.8, 4) is 0 Å². The van der Waals surface area contributed by atoms with Crippen molar-refractivity contribution in [2.75, 3.05) is 6.61 Å². The Morgan fingerprint density at radius 3 is 2.47 bits per heavy atom. The molecule has 0 bridgehead atoms.